The number of piperidine rings is 1. The van der Waals surface area contributed by atoms with Crippen LogP contribution in [0.1, 0.15) is 28.9 Å². The molecule has 1 aromatic heterocycles. The predicted molar refractivity (Wildman–Crippen MR) is 92.5 cm³/mol. The molecular formula is C18H22N4O3. The van der Waals surface area contributed by atoms with E-state index < -0.39 is 0 Å². The lowest BCUT2D eigenvalue weighted by Crippen LogP contribution is -2.50. The standard InChI is InChI=1S/C18H22N4O3/c1-24-17-5-3-13(10-19-17)20-18(23)15-9-14(21-22-15)11-2-4-16-12(8-11)6-7-25-16/h2,4,8-9,13,17,19H,3,5-7,10H2,1H3,(H,20,23)(H,21,22). The van der Waals surface area contributed by atoms with Crippen molar-refractivity contribution in [2.24, 2.45) is 0 Å². The Kier molecular flexibility index (Phi) is 4.42. The van der Waals surface area contributed by atoms with Crippen LogP contribution in [0.25, 0.3) is 11.3 Å². The van der Waals surface area contributed by atoms with Gasteiger partial charge >= 0.3 is 0 Å². The zero-order valence-electron chi connectivity index (χ0n) is 14.2. The second-order valence-electron chi connectivity index (χ2n) is 6.47. The summed E-state index contributed by atoms with van der Waals surface area (Å²) in [7, 11) is 1.69. The third-order valence-electron chi connectivity index (χ3n) is 4.80. The number of benzene rings is 1. The van der Waals surface area contributed by atoms with Gasteiger partial charge in [0.15, 0.2) is 5.69 Å². The lowest BCUT2D eigenvalue weighted by Gasteiger charge is -2.29. The zero-order chi connectivity index (χ0) is 17.2. The maximum Gasteiger partial charge on any atom is 0.272 e. The molecule has 1 saturated heterocycles. The molecule has 1 amide bonds. The molecule has 0 saturated carbocycles. The van der Waals surface area contributed by atoms with Crippen molar-refractivity contribution >= 4 is 5.91 Å². The normalized spacial score (nSPS) is 22.3. The fourth-order valence-electron chi connectivity index (χ4n) is 3.35. The molecule has 0 radical (unpaired) electrons. The molecule has 0 bridgehead atoms. The Morgan fingerprint density at radius 2 is 2.28 bits per heavy atom. The Morgan fingerprint density at radius 3 is 3.08 bits per heavy atom. The van der Waals surface area contributed by atoms with Gasteiger partial charge in [-0.25, -0.2) is 0 Å². The number of nitrogens with one attached hydrogen (secondary N) is 3. The number of methoxy groups -OCH3 is 1. The van der Waals surface area contributed by atoms with Crippen molar-refractivity contribution in [3.05, 3.63) is 35.5 Å². The van der Waals surface area contributed by atoms with Crippen LogP contribution in [0, 0.1) is 0 Å². The van der Waals surface area contributed by atoms with Crippen molar-refractivity contribution in [2.45, 2.75) is 31.5 Å². The fourth-order valence-corrected chi connectivity index (χ4v) is 3.35. The largest absolute Gasteiger partial charge is 0.493 e. The van der Waals surface area contributed by atoms with Gasteiger partial charge in [-0.3, -0.25) is 15.2 Å². The summed E-state index contributed by atoms with van der Waals surface area (Å²) in [5, 5.41) is 13.4. The van der Waals surface area contributed by atoms with Crippen molar-refractivity contribution in [3.63, 3.8) is 0 Å². The molecule has 2 unspecified atom stereocenters. The van der Waals surface area contributed by atoms with Crippen LogP contribution in [0.5, 0.6) is 5.75 Å². The van der Waals surface area contributed by atoms with E-state index in [0.717, 1.165) is 42.9 Å². The second kappa shape index (κ2) is 6.85. The van der Waals surface area contributed by atoms with E-state index in [9.17, 15) is 4.79 Å². The number of rotatable bonds is 4. The average Bonchev–Trinajstić information content (AvgIpc) is 3.31. The minimum atomic E-state index is -0.158. The smallest absolute Gasteiger partial charge is 0.272 e. The summed E-state index contributed by atoms with van der Waals surface area (Å²) < 4.78 is 10.8. The summed E-state index contributed by atoms with van der Waals surface area (Å²) in [6, 6.07) is 7.93. The van der Waals surface area contributed by atoms with Crippen molar-refractivity contribution in [1.29, 1.82) is 0 Å². The highest BCUT2D eigenvalue weighted by Gasteiger charge is 2.23. The molecule has 2 aromatic rings. The number of nitrogens with zero attached hydrogens (tertiary/aromatic N) is 1. The van der Waals surface area contributed by atoms with E-state index in [-0.39, 0.29) is 18.2 Å². The number of amides is 1. The third-order valence-corrected chi connectivity index (χ3v) is 4.80. The first kappa shape index (κ1) is 16.1. The number of hydrogen-bond donors (Lipinski definition) is 3. The molecule has 3 heterocycles. The van der Waals surface area contributed by atoms with Gasteiger partial charge in [-0.2, -0.15) is 5.10 Å². The van der Waals surface area contributed by atoms with E-state index in [4.69, 9.17) is 9.47 Å². The van der Waals surface area contributed by atoms with E-state index in [2.05, 4.69) is 26.9 Å². The topological polar surface area (TPSA) is 88.3 Å². The molecule has 3 N–H and O–H groups in total. The minimum absolute atomic E-state index is 0.0777. The van der Waals surface area contributed by atoms with E-state index in [0.29, 0.717) is 12.2 Å². The number of fused-ring (bicyclic) bond motifs is 1. The Labute approximate surface area is 146 Å². The van der Waals surface area contributed by atoms with Crippen LogP contribution >= 0.6 is 0 Å². The number of hydrogen-bond acceptors (Lipinski definition) is 5. The van der Waals surface area contributed by atoms with Crippen LogP contribution in [0.4, 0.5) is 0 Å². The number of H-pyrrole nitrogens is 1. The Balaban J connectivity index is 1.41. The molecule has 1 aromatic carbocycles. The average molecular weight is 342 g/mol. The molecular weight excluding hydrogens is 320 g/mol. The third kappa shape index (κ3) is 3.38. The highest BCUT2D eigenvalue weighted by molar-refractivity contribution is 5.93. The molecule has 4 rings (SSSR count). The van der Waals surface area contributed by atoms with E-state index in [1.165, 1.54) is 5.56 Å². The number of aromatic amines is 1. The number of carbonyl (C=O) groups excluding carboxylic acids is 1. The molecule has 132 valence electrons. The lowest BCUT2D eigenvalue weighted by molar-refractivity contribution is 0.0436. The molecule has 1 fully saturated rings. The highest BCUT2D eigenvalue weighted by atomic mass is 16.5. The first-order chi connectivity index (χ1) is 12.2. The van der Waals surface area contributed by atoms with Crippen LogP contribution in [-0.4, -0.2) is 48.6 Å². The molecule has 25 heavy (non-hydrogen) atoms. The van der Waals surface area contributed by atoms with Gasteiger partial charge in [0.05, 0.1) is 12.3 Å². The fraction of sp³-hybridized carbons (Fsp3) is 0.444. The maximum atomic E-state index is 12.4. The summed E-state index contributed by atoms with van der Waals surface area (Å²) in [5.74, 6) is 0.787. The molecule has 7 nitrogen and oxygen atoms in total. The van der Waals surface area contributed by atoms with Gasteiger partial charge < -0.3 is 14.8 Å². The minimum Gasteiger partial charge on any atom is -0.493 e. The van der Waals surface area contributed by atoms with Crippen LogP contribution in [-0.2, 0) is 11.2 Å². The van der Waals surface area contributed by atoms with Gasteiger partial charge in [0.2, 0.25) is 0 Å². The lowest BCUT2D eigenvalue weighted by atomic mass is 10.1. The molecule has 2 aliphatic rings. The quantitative estimate of drug-likeness (QED) is 0.783. The summed E-state index contributed by atoms with van der Waals surface area (Å²) >= 11 is 0. The summed E-state index contributed by atoms with van der Waals surface area (Å²) in [5.41, 5.74) is 3.44. The summed E-state index contributed by atoms with van der Waals surface area (Å²) in [6.07, 6.45) is 2.76. The first-order valence-electron chi connectivity index (χ1n) is 8.61. The van der Waals surface area contributed by atoms with Crippen LogP contribution in [0.15, 0.2) is 24.3 Å². The second-order valence-corrected chi connectivity index (χ2v) is 6.47. The van der Waals surface area contributed by atoms with Gasteiger partial charge in [-0.05, 0) is 42.7 Å². The monoisotopic (exact) mass is 342 g/mol. The Bertz CT molecular complexity index is 765. The molecule has 2 aliphatic heterocycles. The number of aromatic nitrogens is 2. The van der Waals surface area contributed by atoms with Crippen molar-refractivity contribution in [3.8, 4) is 17.0 Å². The molecule has 0 spiro atoms. The van der Waals surface area contributed by atoms with Crippen molar-refractivity contribution < 1.29 is 14.3 Å². The van der Waals surface area contributed by atoms with Gasteiger partial charge in [0.25, 0.3) is 5.91 Å². The molecule has 0 aliphatic carbocycles. The highest BCUT2D eigenvalue weighted by Crippen LogP contribution is 2.29. The van der Waals surface area contributed by atoms with E-state index in [1.807, 2.05) is 12.1 Å². The predicted octanol–water partition coefficient (Wildman–Crippen LogP) is 1.47. The summed E-state index contributed by atoms with van der Waals surface area (Å²) in [4.78, 5) is 12.4. The summed E-state index contributed by atoms with van der Waals surface area (Å²) in [6.45, 7) is 1.43. The van der Waals surface area contributed by atoms with Crippen molar-refractivity contribution in [1.82, 2.24) is 20.8 Å². The number of carbonyl (C=O) groups is 1. The van der Waals surface area contributed by atoms with E-state index in [1.54, 1.807) is 13.2 Å². The van der Waals surface area contributed by atoms with Crippen LogP contribution < -0.4 is 15.4 Å². The first-order valence-corrected chi connectivity index (χ1v) is 8.61. The maximum absolute atomic E-state index is 12.4. The zero-order valence-corrected chi connectivity index (χ0v) is 14.2. The Morgan fingerprint density at radius 1 is 1.36 bits per heavy atom. The van der Waals surface area contributed by atoms with Gasteiger partial charge in [0.1, 0.15) is 12.0 Å². The van der Waals surface area contributed by atoms with Crippen molar-refractivity contribution in [2.75, 3.05) is 20.3 Å². The van der Waals surface area contributed by atoms with Gasteiger partial charge in [0, 0.05) is 31.7 Å². The molecule has 7 heteroatoms. The van der Waals surface area contributed by atoms with Gasteiger partial charge in [-0.15, -0.1) is 0 Å². The number of ether oxygens (including phenoxy) is 2. The van der Waals surface area contributed by atoms with E-state index >= 15 is 0 Å². The SMILES string of the molecule is COC1CCC(NC(=O)c2cc(-c3ccc4c(c3)CCO4)[nH]n2)CN1. The van der Waals surface area contributed by atoms with Gasteiger partial charge in [-0.1, -0.05) is 0 Å². The van der Waals surface area contributed by atoms with Crippen LogP contribution in [0.3, 0.4) is 0 Å². The Hall–Kier alpha value is -2.38. The molecule has 2 atom stereocenters. The van der Waals surface area contributed by atoms with Crippen LogP contribution in [0.2, 0.25) is 0 Å².